The lowest BCUT2D eigenvalue weighted by molar-refractivity contribution is 0.506. The first-order valence-corrected chi connectivity index (χ1v) is 8.86. The second-order valence-electron chi connectivity index (χ2n) is 5.45. The highest BCUT2D eigenvalue weighted by molar-refractivity contribution is 7.91. The minimum Gasteiger partial charge on any atom is -0.438 e. The number of nitrogens with one attached hydrogen (secondary N) is 1. The van der Waals surface area contributed by atoms with Crippen molar-refractivity contribution in [1.82, 2.24) is 0 Å². The molecule has 0 aliphatic carbocycles. The predicted molar refractivity (Wildman–Crippen MR) is 91.5 cm³/mol. The van der Waals surface area contributed by atoms with Gasteiger partial charge in [0, 0.05) is 5.39 Å². The Morgan fingerprint density at radius 3 is 2.29 bits per heavy atom. The fraction of sp³-hybridized carbons (Fsp3) is 0. The van der Waals surface area contributed by atoms with Gasteiger partial charge in [-0.15, -0.1) is 0 Å². The number of hydrogen-bond donors (Lipinski definition) is 1. The van der Waals surface area contributed by atoms with Crippen LogP contribution in [0.5, 0.6) is 0 Å². The second-order valence-corrected chi connectivity index (χ2v) is 7.37. The smallest absolute Gasteiger partial charge is 0.231 e. The Morgan fingerprint density at radius 1 is 0.792 bits per heavy atom. The summed E-state index contributed by atoms with van der Waals surface area (Å²) in [6.45, 7) is 0. The zero-order chi connectivity index (χ0) is 16.7. The Hall–Kier alpha value is -2.92. The number of fused-ring (bicyclic) bond motifs is 3. The molecule has 0 atom stereocenters. The molecule has 0 saturated carbocycles. The van der Waals surface area contributed by atoms with E-state index in [1.165, 1.54) is 18.2 Å². The average Bonchev–Trinajstić information content (AvgIpc) is 2.61. The molecule has 0 radical (unpaired) electrons. The third kappa shape index (κ3) is 2.21. The summed E-state index contributed by atoms with van der Waals surface area (Å²) in [5.74, 6) is 0. The van der Waals surface area contributed by atoms with Crippen LogP contribution in [0.4, 0.5) is 0 Å². The SMILES string of the molecule is N=c1oc2ccc3ccccc3c2cc1S(=O)(=O)c1ccccc1. The zero-order valence-electron chi connectivity index (χ0n) is 12.6. The molecule has 5 heteroatoms. The van der Waals surface area contributed by atoms with E-state index in [-0.39, 0.29) is 15.3 Å². The van der Waals surface area contributed by atoms with Gasteiger partial charge in [-0.2, -0.15) is 0 Å². The fourth-order valence-corrected chi connectivity index (χ4v) is 4.12. The first-order chi connectivity index (χ1) is 11.6. The quantitative estimate of drug-likeness (QED) is 0.565. The topological polar surface area (TPSA) is 71.1 Å². The Bertz CT molecular complexity index is 1230. The first kappa shape index (κ1) is 14.7. The largest absolute Gasteiger partial charge is 0.438 e. The molecular weight excluding hydrogens is 322 g/mol. The maximum Gasteiger partial charge on any atom is 0.231 e. The maximum atomic E-state index is 12.9. The van der Waals surface area contributed by atoms with E-state index in [1.54, 1.807) is 24.3 Å². The van der Waals surface area contributed by atoms with Gasteiger partial charge in [0.15, 0.2) is 0 Å². The number of hydrogen-bond acceptors (Lipinski definition) is 4. The van der Waals surface area contributed by atoms with Crippen molar-refractivity contribution in [2.45, 2.75) is 9.79 Å². The van der Waals surface area contributed by atoms with Gasteiger partial charge >= 0.3 is 0 Å². The van der Waals surface area contributed by atoms with E-state index in [0.717, 1.165) is 10.8 Å². The van der Waals surface area contributed by atoms with Gasteiger partial charge in [0.25, 0.3) is 0 Å². The van der Waals surface area contributed by atoms with Gasteiger partial charge in [-0.05, 0) is 35.0 Å². The zero-order valence-corrected chi connectivity index (χ0v) is 13.4. The van der Waals surface area contributed by atoms with Crippen LogP contribution in [0.25, 0.3) is 21.7 Å². The summed E-state index contributed by atoms with van der Waals surface area (Å²) in [7, 11) is -3.81. The van der Waals surface area contributed by atoms with Gasteiger partial charge in [0.05, 0.1) is 4.90 Å². The molecule has 0 spiro atoms. The van der Waals surface area contributed by atoms with Gasteiger partial charge in [-0.3, -0.25) is 5.41 Å². The van der Waals surface area contributed by atoms with Crippen LogP contribution < -0.4 is 5.55 Å². The van der Waals surface area contributed by atoms with E-state index in [9.17, 15) is 8.42 Å². The summed E-state index contributed by atoms with van der Waals surface area (Å²) >= 11 is 0. The molecule has 4 rings (SSSR count). The maximum absolute atomic E-state index is 12.9. The van der Waals surface area contributed by atoms with Crippen molar-refractivity contribution in [3.63, 3.8) is 0 Å². The summed E-state index contributed by atoms with van der Waals surface area (Å²) in [6, 6.07) is 21.0. The fourth-order valence-electron chi connectivity index (χ4n) is 2.80. The highest BCUT2D eigenvalue weighted by atomic mass is 32.2. The van der Waals surface area contributed by atoms with Gasteiger partial charge in [-0.25, -0.2) is 8.42 Å². The number of sulfone groups is 1. The molecule has 118 valence electrons. The molecule has 0 unspecified atom stereocenters. The van der Waals surface area contributed by atoms with E-state index in [4.69, 9.17) is 9.83 Å². The lowest BCUT2D eigenvalue weighted by Crippen LogP contribution is -2.14. The van der Waals surface area contributed by atoms with Crippen LogP contribution in [-0.2, 0) is 9.84 Å². The van der Waals surface area contributed by atoms with E-state index >= 15 is 0 Å². The molecule has 0 bridgehead atoms. The minimum atomic E-state index is -3.81. The van der Waals surface area contributed by atoms with Gasteiger partial charge in [0.2, 0.25) is 15.4 Å². The van der Waals surface area contributed by atoms with Gasteiger partial charge in [-0.1, -0.05) is 48.5 Å². The van der Waals surface area contributed by atoms with E-state index in [1.807, 2.05) is 30.3 Å². The third-order valence-corrected chi connectivity index (χ3v) is 5.76. The van der Waals surface area contributed by atoms with Gasteiger partial charge in [0.1, 0.15) is 10.5 Å². The number of benzene rings is 3. The summed E-state index contributed by atoms with van der Waals surface area (Å²) in [6.07, 6.45) is 0. The molecular formula is C19H13NO3S. The number of rotatable bonds is 2. The van der Waals surface area contributed by atoms with Crippen molar-refractivity contribution in [2.24, 2.45) is 0 Å². The normalized spacial score (nSPS) is 11.8. The van der Waals surface area contributed by atoms with Crippen LogP contribution in [-0.4, -0.2) is 8.42 Å². The average molecular weight is 335 g/mol. The molecule has 3 aromatic carbocycles. The Kier molecular flexibility index (Phi) is 3.25. The standard InChI is InChI=1S/C19H13NO3S/c20-19-18(24(21,22)14-7-2-1-3-8-14)12-16-15-9-5-4-6-13(15)10-11-17(16)23-19/h1-12,20H. The third-order valence-electron chi connectivity index (χ3n) is 3.98. The molecule has 0 aliphatic heterocycles. The highest BCUT2D eigenvalue weighted by Gasteiger charge is 2.21. The van der Waals surface area contributed by atoms with Crippen molar-refractivity contribution < 1.29 is 12.8 Å². The van der Waals surface area contributed by atoms with Crippen LogP contribution in [0.1, 0.15) is 0 Å². The highest BCUT2D eigenvalue weighted by Crippen LogP contribution is 2.27. The molecule has 24 heavy (non-hydrogen) atoms. The predicted octanol–water partition coefficient (Wildman–Crippen LogP) is 3.90. The molecule has 0 fully saturated rings. The van der Waals surface area contributed by atoms with E-state index < -0.39 is 9.84 Å². The monoisotopic (exact) mass is 335 g/mol. The molecule has 0 saturated heterocycles. The molecule has 0 aliphatic rings. The van der Waals surface area contributed by atoms with Crippen molar-refractivity contribution in [2.75, 3.05) is 0 Å². The van der Waals surface area contributed by atoms with Crippen LogP contribution in [0.3, 0.4) is 0 Å². The molecule has 0 amide bonds. The van der Waals surface area contributed by atoms with Crippen molar-refractivity contribution >= 4 is 31.6 Å². The lowest BCUT2D eigenvalue weighted by atomic mass is 10.1. The molecule has 1 aromatic heterocycles. The summed E-state index contributed by atoms with van der Waals surface area (Å²) < 4.78 is 31.2. The lowest BCUT2D eigenvalue weighted by Gasteiger charge is -2.08. The van der Waals surface area contributed by atoms with Crippen molar-refractivity contribution in [1.29, 1.82) is 5.41 Å². The van der Waals surface area contributed by atoms with E-state index in [2.05, 4.69) is 0 Å². The molecule has 4 nitrogen and oxygen atoms in total. The van der Waals surface area contributed by atoms with Crippen LogP contribution in [0, 0.1) is 5.41 Å². The minimum absolute atomic E-state index is 0.127. The Morgan fingerprint density at radius 2 is 1.50 bits per heavy atom. The second kappa shape index (κ2) is 5.32. The Labute approximate surface area is 138 Å². The molecule has 1 heterocycles. The van der Waals surface area contributed by atoms with Crippen molar-refractivity contribution in [3.8, 4) is 0 Å². The van der Waals surface area contributed by atoms with Crippen LogP contribution >= 0.6 is 0 Å². The summed E-state index contributed by atoms with van der Waals surface area (Å²) in [5.41, 5.74) is 0.132. The molecule has 4 aromatic rings. The van der Waals surface area contributed by atoms with Gasteiger partial charge < -0.3 is 4.42 Å². The van der Waals surface area contributed by atoms with Crippen LogP contribution in [0.15, 0.2) is 87.0 Å². The van der Waals surface area contributed by atoms with Crippen molar-refractivity contribution in [3.05, 3.63) is 78.4 Å². The van der Waals surface area contributed by atoms with E-state index in [0.29, 0.717) is 11.0 Å². The first-order valence-electron chi connectivity index (χ1n) is 7.38. The Balaban J connectivity index is 2.08. The molecule has 1 N–H and O–H groups in total. The van der Waals surface area contributed by atoms with Crippen LogP contribution in [0.2, 0.25) is 0 Å². The summed E-state index contributed by atoms with van der Waals surface area (Å²) in [4.78, 5) is 0.0193. The summed E-state index contributed by atoms with van der Waals surface area (Å²) in [5, 5.41) is 10.6.